The highest BCUT2D eigenvalue weighted by molar-refractivity contribution is 6.05. The highest BCUT2D eigenvalue weighted by Crippen LogP contribution is 2.34. The quantitative estimate of drug-likeness (QED) is 0.686. The monoisotopic (exact) mass is 436 g/mol. The lowest BCUT2D eigenvalue weighted by molar-refractivity contribution is -0.142. The number of rotatable bonds is 3. The Bertz CT molecular complexity index is 1050. The molecule has 0 N–H and O–H groups in total. The second-order valence-corrected chi connectivity index (χ2v) is 7.70. The molecule has 32 heavy (non-hydrogen) atoms. The molecule has 5 rings (SSSR count). The van der Waals surface area contributed by atoms with Crippen LogP contribution in [-0.2, 0) is 14.3 Å². The van der Waals surface area contributed by atoms with Crippen molar-refractivity contribution in [3.05, 3.63) is 54.1 Å². The number of benzene rings is 2. The van der Waals surface area contributed by atoms with Gasteiger partial charge < -0.3 is 28.7 Å². The van der Waals surface area contributed by atoms with E-state index >= 15 is 0 Å². The van der Waals surface area contributed by atoms with Crippen LogP contribution in [0.2, 0.25) is 0 Å². The van der Waals surface area contributed by atoms with Crippen molar-refractivity contribution in [1.82, 2.24) is 4.90 Å². The summed E-state index contributed by atoms with van der Waals surface area (Å²) in [5, 5.41) is 0. The van der Waals surface area contributed by atoms with Crippen LogP contribution >= 0.6 is 0 Å². The topological polar surface area (TPSA) is 77.5 Å². The van der Waals surface area contributed by atoms with Gasteiger partial charge in [0.05, 0.1) is 25.4 Å². The fourth-order valence-corrected chi connectivity index (χ4v) is 3.98. The zero-order chi connectivity index (χ0) is 21.9. The first-order valence-electron chi connectivity index (χ1n) is 10.7. The van der Waals surface area contributed by atoms with Crippen LogP contribution in [0.4, 0.5) is 5.69 Å². The maximum atomic E-state index is 13.2. The molecule has 0 spiro atoms. The molecule has 2 aromatic carbocycles. The number of nitrogens with zero attached hydrogens (tertiary/aromatic N) is 2. The van der Waals surface area contributed by atoms with E-state index in [0.717, 1.165) is 5.56 Å². The van der Waals surface area contributed by atoms with Crippen LogP contribution in [0.5, 0.6) is 17.2 Å². The second-order valence-electron chi connectivity index (χ2n) is 7.70. The zero-order valence-electron chi connectivity index (χ0n) is 17.6. The zero-order valence-corrected chi connectivity index (χ0v) is 17.6. The summed E-state index contributed by atoms with van der Waals surface area (Å²) < 4.78 is 22.5. The van der Waals surface area contributed by atoms with Crippen molar-refractivity contribution in [3.8, 4) is 17.2 Å². The summed E-state index contributed by atoms with van der Waals surface area (Å²) in [4.78, 5) is 29.5. The van der Waals surface area contributed by atoms with Gasteiger partial charge >= 0.3 is 0 Å². The van der Waals surface area contributed by atoms with Crippen molar-refractivity contribution in [2.24, 2.45) is 0 Å². The van der Waals surface area contributed by atoms with Gasteiger partial charge in [0.25, 0.3) is 11.8 Å². The average molecular weight is 436 g/mol. The van der Waals surface area contributed by atoms with E-state index < -0.39 is 6.10 Å². The van der Waals surface area contributed by atoms with Crippen LogP contribution in [0.3, 0.4) is 0 Å². The van der Waals surface area contributed by atoms with Crippen molar-refractivity contribution < 1.29 is 28.5 Å². The minimum atomic E-state index is -0.755. The number of ether oxygens (including phenoxy) is 4. The molecule has 3 heterocycles. The lowest BCUT2D eigenvalue weighted by Crippen LogP contribution is -2.53. The lowest BCUT2D eigenvalue weighted by Gasteiger charge is -2.37. The third kappa shape index (κ3) is 4.13. The molecular weight excluding hydrogens is 412 g/mol. The number of hydrogen-bond acceptors (Lipinski definition) is 6. The van der Waals surface area contributed by atoms with Gasteiger partial charge in [0.2, 0.25) is 0 Å². The van der Waals surface area contributed by atoms with Crippen molar-refractivity contribution in [3.63, 3.8) is 0 Å². The Balaban J connectivity index is 1.35. The molecule has 3 aliphatic heterocycles. The summed E-state index contributed by atoms with van der Waals surface area (Å²) in [7, 11) is 0. The van der Waals surface area contributed by atoms with Crippen molar-refractivity contribution in [2.45, 2.75) is 6.10 Å². The Labute approximate surface area is 185 Å². The minimum Gasteiger partial charge on any atom is -0.486 e. The Hall–Kier alpha value is -3.52. The first kappa shape index (κ1) is 20.4. The van der Waals surface area contributed by atoms with Crippen LogP contribution < -0.4 is 19.1 Å². The van der Waals surface area contributed by atoms with E-state index in [1.54, 1.807) is 21.9 Å². The van der Waals surface area contributed by atoms with E-state index in [4.69, 9.17) is 18.9 Å². The van der Waals surface area contributed by atoms with E-state index in [-0.39, 0.29) is 18.4 Å². The molecule has 1 unspecified atom stereocenters. The standard InChI is InChI=1S/C24H24N2O6/c27-23(8-6-17-5-7-20-21(15-17)31-14-13-30-20)26-16-22(24(28)25-9-11-29-12-10-25)32-19-4-2-1-3-18(19)26/h1-8,15,22H,9-14,16H2. The van der Waals surface area contributed by atoms with Gasteiger partial charge in [-0.1, -0.05) is 18.2 Å². The Morgan fingerprint density at radius 3 is 2.53 bits per heavy atom. The van der Waals surface area contributed by atoms with Gasteiger partial charge in [-0.05, 0) is 35.9 Å². The molecule has 166 valence electrons. The SMILES string of the molecule is O=C(C1CN(C(=O)C=Cc2ccc3c(c2)OCCO3)c2ccccc2O1)N1CCOCC1. The van der Waals surface area contributed by atoms with E-state index in [2.05, 4.69) is 0 Å². The molecular formula is C24H24N2O6. The molecule has 8 heteroatoms. The van der Waals surface area contributed by atoms with Crippen LogP contribution in [0.1, 0.15) is 5.56 Å². The molecule has 0 saturated carbocycles. The molecule has 0 bridgehead atoms. The molecule has 1 atom stereocenters. The molecule has 0 aromatic heterocycles. The third-order valence-electron chi connectivity index (χ3n) is 5.62. The van der Waals surface area contributed by atoms with Gasteiger partial charge in [0.15, 0.2) is 17.6 Å². The Kier molecular flexibility index (Phi) is 5.68. The average Bonchev–Trinajstić information content (AvgIpc) is 2.86. The van der Waals surface area contributed by atoms with Crippen molar-refractivity contribution >= 4 is 23.6 Å². The van der Waals surface area contributed by atoms with Gasteiger partial charge in [-0.25, -0.2) is 0 Å². The van der Waals surface area contributed by atoms with Crippen molar-refractivity contribution in [1.29, 1.82) is 0 Å². The first-order chi connectivity index (χ1) is 15.7. The van der Waals surface area contributed by atoms with E-state index in [0.29, 0.717) is 62.5 Å². The van der Waals surface area contributed by atoms with Gasteiger partial charge in [0, 0.05) is 19.2 Å². The largest absolute Gasteiger partial charge is 0.486 e. The molecule has 2 aromatic rings. The molecule has 8 nitrogen and oxygen atoms in total. The first-order valence-corrected chi connectivity index (χ1v) is 10.7. The van der Waals surface area contributed by atoms with E-state index in [1.165, 1.54) is 6.08 Å². The second kappa shape index (κ2) is 8.92. The minimum absolute atomic E-state index is 0.128. The van der Waals surface area contributed by atoms with Crippen LogP contribution in [0.15, 0.2) is 48.5 Å². The predicted molar refractivity (Wildman–Crippen MR) is 117 cm³/mol. The molecule has 1 fully saturated rings. The third-order valence-corrected chi connectivity index (χ3v) is 5.62. The molecule has 3 aliphatic rings. The number of amides is 2. The maximum Gasteiger partial charge on any atom is 0.265 e. The van der Waals surface area contributed by atoms with Gasteiger partial charge in [-0.15, -0.1) is 0 Å². The summed E-state index contributed by atoms with van der Waals surface area (Å²) in [5.74, 6) is 1.53. The molecule has 0 radical (unpaired) electrons. The lowest BCUT2D eigenvalue weighted by atomic mass is 10.1. The van der Waals surface area contributed by atoms with Crippen LogP contribution in [-0.4, -0.2) is 68.9 Å². The highest BCUT2D eigenvalue weighted by Gasteiger charge is 2.35. The van der Waals surface area contributed by atoms with E-state index in [1.807, 2.05) is 36.4 Å². The summed E-state index contributed by atoms with van der Waals surface area (Å²) in [6, 6.07) is 12.8. The number of morpholine rings is 1. The summed E-state index contributed by atoms with van der Waals surface area (Å²) in [6.45, 7) is 3.25. The predicted octanol–water partition coefficient (Wildman–Crippen LogP) is 2.12. The van der Waals surface area contributed by atoms with Gasteiger partial charge in [-0.2, -0.15) is 0 Å². The highest BCUT2D eigenvalue weighted by atomic mass is 16.6. The van der Waals surface area contributed by atoms with Crippen LogP contribution in [0.25, 0.3) is 6.08 Å². The molecule has 2 amide bonds. The fourth-order valence-electron chi connectivity index (χ4n) is 3.98. The van der Waals surface area contributed by atoms with Gasteiger partial charge in [0.1, 0.15) is 19.0 Å². The molecule has 0 aliphatic carbocycles. The summed E-state index contributed by atoms with van der Waals surface area (Å²) in [5.41, 5.74) is 1.47. The molecule has 1 saturated heterocycles. The van der Waals surface area contributed by atoms with Crippen molar-refractivity contribution in [2.75, 3.05) is 51.0 Å². The van der Waals surface area contributed by atoms with Gasteiger partial charge in [-0.3, -0.25) is 9.59 Å². The number of anilines is 1. The maximum absolute atomic E-state index is 13.2. The smallest absolute Gasteiger partial charge is 0.265 e. The fraction of sp³-hybridized carbons (Fsp3) is 0.333. The number of fused-ring (bicyclic) bond motifs is 2. The Morgan fingerprint density at radius 1 is 0.906 bits per heavy atom. The summed E-state index contributed by atoms with van der Waals surface area (Å²) in [6.07, 6.45) is 2.48. The number of carbonyl (C=O) groups excluding carboxylic acids is 2. The Morgan fingerprint density at radius 2 is 1.69 bits per heavy atom. The normalized spacial score (nSPS) is 19.9. The van der Waals surface area contributed by atoms with Crippen LogP contribution in [0, 0.1) is 0 Å². The number of para-hydroxylation sites is 2. The number of carbonyl (C=O) groups is 2. The summed E-state index contributed by atoms with van der Waals surface area (Å²) >= 11 is 0. The number of hydrogen-bond donors (Lipinski definition) is 0. The van der Waals surface area contributed by atoms with E-state index in [9.17, 15) is 9.59 Å².